The highest BCUT2D eigenvalue weighted by Crippen LogP contribution is 2.20. The fraction of sp³-hybridized carbons (Fsp3) is 0.192. The topological polar surface area (TPSA) is 50.3 Å². The van der Waals surface area contributed by atoms with Gasteiger partial charge in [0.05, 0.1) is 11.3 Å². The van der Waals surface area contributed by atoms with E-state index in [2.05, 4.69) is 23.2 Å². The first-order chi connectivity index (χ1) is 15.1. The second-order valence-corrected chi connectivity index (χ2v) is 7.69. The number of hydrogen-bond acceptors (Lipinski definition) is 3. The van der Waals surface area contributed by atoms with E-state index in [1.54, 1.807) is 10.8 Å². The quantitative estimate of drug-likeness (QED) is 0.557. The van der Waals surface area contributed by atoms with Crippen LogP contribution in [-0.4, -0.2) is 27.8 Å². The van der Waals surface area contributed by atoms with Crippen LogP contribution >= 0.6 is 0 Å². The van der Waals surface area contributed by atoms with Crippen molar-refractivity contribution in [3.05, 3.63) is 119 Å². The third-order valence-electron chi connectivity index (χ3n) is 5.35. The van der Waals surface area contributed by atoms with Crippen LogP contribution in [0.2, 0.25) is 0 Å². The summed E-state index contributed by atoms with van der Waals surface area (Å²) in [5.74, 6) is 0.729. The van der Waals surface area contributed by atoms with Crippen LogP contribution in [0.1, 0.15) is 16.8 Å². The SMILES string of the molecule is C=C/C=C\C(=C)CN1CCc2[nH]n(-c3cccc(OCc4ccccc4)c3)c(=O)c2C1. The van der Waals surface area contributed by atoms with Crippen LogP contribution in [-0.2, 0) is 19.6 Å². The fourth-order valence-corrected chi connectivity index (χ4v) is 3.77. The summed E-state index contributed by atoms with van der Waals surface area (Å²) in [7, 11) is 0. The molecule has 1 aliphatic rings. The average molecular weight is 414 g/mol. The second-order valence-electron chi connectivity index (χ2n) is 7.69. The molecule has 0 aliphatic carbocycles. The molecule has 5 nitrogen and oxygen atoms in total. The Labute approximate surface area is 182 Å². The minimum atomic E-state index is -0.00726. The second kappa shape index (κ2) is 9.49. The Balaban J connectivity index is 1.49. The summed E-state index contributed by atoms with van der Waals surface area (Å²) in [5, 5.41) is 3.30. The molecule has 2 heterocycles. The molecule has 0 radical (unpaired) electrons. The number of rotatable bonds is 8. The molecule has 1 aliphatic heterocycles. The number of nitrogens with one attached hydrogen (secondary N) is 1. The van der Waals surface area contributed by atoms with E-state index < -0.39 is 0 Å². The lowest BCUT2D eigenvalue weighted by molar-refractivity contribution is 0.276. The Kier molecular flexibility index (Phi) is 6.34. The van der Waals surface area contributed by atoms with E-state index in [1.807, 2.05) is 66.7 Å². The van der Waals surface area contributed by atoms with Crippen LogP contribution in [0.5, 0.6) is 5.75 Å². The lowest BCUT2D eigenvalue weighted by Crippen LogP contribution is -2.34. The van der Waals surface area contributed by atoms with Gasteiger partial charge in [0.2, 0.25) is 0 Å². The Morgan fingerprint density at radius 2 is 2.00 bits per heavy atom. The van der Waals surface area contributed by atoms with Crippen molar-refractivity contribution < 1.29 is 4.74 Å². The normalized spacial score (nSPS) is 13.8. The molecule has 0 saturated carbocycles. The van der Waals surface area contributed by atoms with Crippen LogP contribution in [0, 0.1) is 0 Å². The molecule has 0 bridgehead atoms. The van der Waals surface area contributed by atoms with Gasteiger partial charge >= 0.3 is 0 Å². The van der Waals surface area contributed by atoms with Crippen LogP contribution in [0.3, 0.4) is 0 Å². The molecule has 2 aromatic carbocycles. The lowest BCUT2D eigenvalue weighted by atomic mass is 10.1. The molecule has 0 unspecified atom stereocenters. The summed E-state index contributed by atoms with van der Waals surface area (Å²) in [4.78, 5) is 15.4. The van der Waals surface area contributed by atoms with Gasteiger partial charge < -0.3 is 4.74 Å². The van der Waals surface area contributed by atoms with Crippen molar-refractivity contribution in [3.63, 3.8) is 0 Å². The van der Waals surface area contributed by atoms with E-state index >= 15 is 0 Å². The highest BCUT2D eigenvalue weighted by Gasteiger charge is 2.23. The van der Waals surface area contributed by atoms with Gasteiger partial charge in [0, 0.05) is 37.8 Å². The van der Waals surface area contributed by atoms with Crippen LogP contribution in [0.25, 0.3) is 5.69 Å². The van der Waals surface area contributed by atoms with E-state index in [4.69, 9.17) is 4.74 Å². The third kappa shape index (κ3) is 4.95. The van der Waals surface area contributed by atoms with E-state index in [-0.39, 0.29) is 5.56 Å². The largest absolute Gasteiger partial charge is 0.489 e. The van der Waals surface area contributed by atoms with Crippen molar-refractivity contribution in [1.29, 1.82) is 0 Å². The van der Waals surface area contributed by atoms with Gasteiger partial charge in [-0.15, -0.1) is 0 Å². The van der Waals surface area contributed by atoms with Gasteiger partial charge in [-0.05, 0) is 23.3 Å². The predicted molar refractivity (Wildman–Crippen MR) is 125 cm³/mol. The number of nitrogens with zero attached hydrogens (tertiary/aromatic N) is 2. The zero-order valence-corrected chi connectivity index (χ0v) is 17.6. The molecule has 31 heavy (non-hydrogen) atoms. The number of ether oxygens (including phenoxy) is 1. The Morgan fingerprint density at radius 3 is 2.81 bits per heavy atom. The van der Waals surface area contributed by atoms with Crippen LogP contribution in [0.4, 0.5) is 0 Å². The number of aromatic nitrogens is 2. The van der Waals surface area contributed by atoms with E-state index in [0.717, 1.165) is 53.3 Å². The predicted octanol–water partition coefficient (Wildman–Crippen LogP) is 4.40. The number of fused-ring (bicyclic) bond motifs is 1. The van der Waals surface area contributed by atoms with Crippen LogP contribution < -0.4 is 10.3 Å². The molecule has 0 fully saturated rings. The minimum absolute atomic E-state index is 0.00726. The number of benzene rings is 2. The maximum absolute atomic E-state index is 13.1. The fourth-order valence-electron chi connectivity index (χ4n) is 3.77. The molecule has 0 atom stereocenters. The summed E-state index contributed by atoms with van der Waals surface area (Å²) in [6.07, 6.45) is 6.38. The van der Waals surface area contributed by atoms with Crippen molar-refractivity contribution in [2.45, 2.75) is 19.6 Å². The average Bonchev–Trinajstić information content (AvgIpc) is 3.13. The highest BCUT2D eigenvalue weighted by molar-refractivity contribution is 5.40. The maximum atomic E-state index is 13.1. The first kappa shape index (κ1) is 20.7. The van der Waals surface area contributed by atoms with Gasteiger partial charge in [0.1, 0.15) is 12.4 Å². The number of H-pyrrole nitrogens is 1. The number of allylic oxidation sites excluding steroid dienone is 2. The van der Waals surface area contributed by atoms with E-state index in [0.29, 0.717) is 13.2 Å². The van der Waals surface area contributed by atoms with Crippen molar-refractivity contribution in [3.8, 4) is 11.4 Å². The molecule has 5 heteroatoms. The van der Waals surface area contributed by atoms with Gasteiger partial charge in [0.25, 0.3) is 5.56 Å². The molecule has 4 rings (SSSR count). The van der Waals surface area contributed by atoms with E-state index in [9.17, 15) is 4.79 Å². The van der Waals surface area contributed by atoms with Gasteiger partial charge in [-0.2, -0.15) is 0 Å². The van der Waals surface area contributed by atoms with Crippen molar-refractivity contribution in [1.82, 2.24) is 14.7 Å². The van der Waals surface area contributed by atoms with E-state index in [1.165, 1.54) is 0 Å². The summed E-state index contributed by atoms with van der Waals surface area (Å²) in [6, 6.07) is 17.7. The first-order valence-electron chi connectivity index (χ1n) is 10.4. The monoisotopic (exact) mass is 413 g/mol. The molecule has 0 amide bonds. The molecule has 1 aromatic heterocycles. The van der Waals surface area contributed by atoms with Gasteiger partial charge in [-0.25, -0.2) is 4.68 Å². The molecular formula is C26H27N3O2. The van der Waals surface area contributed by atoms with Gasteiger partial charge in [-0.1, -0.05) is 67.8 Å². The third-order valence-corrected chi connectivity index (χ3v) is 5.35. The molecule has 3 aromatic rings. The molecule has 158 valence electrons. The molecular weight excluding hydrogens is 386 g/mol. The van der Waals surface area contributed by atoms with Crippen LogP contribution in [0.15, 0.2) is 96.4 Å². The minimum Gasteiger partial charge on any atom is -0.489 e. The lowest BCUT2D eigenvalue weighted by Gasteiger charge is -2.25. The van der Waals surface area contributed by atoms with Gasteiger partial charge in [0.15, 0.2) is 0 Å². The Bertz CT molecular complexity index is 1150. The molecule has 0 spiro atoms. The van der Waals surface area contributed by atoms with Crippen molar-refractivity contribution in [2.75, 3.05) is 13.1 Å². The summed E-state index contributed by atoms with van der Waals surface area (Å²) in [6.45, 7) is 10.5. The van der Waals surface area contributed by atoms with Crippen molar-refractivity contribution in [2.24, 2.45) is 0 Å². The zero-order valence-electron chi connectivity index (χ0n) is 17.6. The smallest absolute Gasteiger partial charge is 0.275 e. The van der Waals surface area contributed by atoms with Crippen molar-refractivity contribution >= 4 is 0 Å². The summed E-state index contributed by atoms with van der Waals surface area (Å²) in [5.41, 5.74) is 4.70. The number of aromatic amines is 1. The Morgan fingerprint density at radius 1 is 1.16 bits per heavy atom. The zero-order chi connectivity index (χ0) is 21.6. The van der Waals surface area contributed by atoms with Gasteiger partial charge in [-0.3, -0.25) is 14.8 Å². The maximum Gasteiger partial charge on any atom is 0.275 e. The molecule has 0 saturated heterocycles. The highest BCUT2D eigenvalue weighted by atomic mass is 16.5. The summed E-state index contributed by atoms with van der Waals surface area (Å²) < 4.78 is 7.55. The molecule has 1 N–H and O–H groups in total. The Hall–Kier alpha value is -3.57. The number of hydrogen-bond donors (Lipinski definition) is 1. The first-order valence-corrected chi connectivity index (χ1v) is 10.4. The summed E-state index contributed by atoms with van der Waals surface area (Å²) >= 11 is 0. The standard InChI is InChI=1S/C26H27N3O2/c1-3-4-9-20(2)17-28-15-14-25-24(18-28)26(30)29(27-25)22-12-8-13-23(16-22)31-19-21-10-6-5-7-11-21/h3-13,16,27H,1-2,14-15,17-19H2/b9-4-.